The van der Waals surface area contributed by atoms with Gasteiger partial charge in [-0.25, -0.2) is 4.99 Å². The first-order chi connectivity index (χ1) is 10.9. The maximum atomic E-state index is 5.73. The van der Waals surface area contributed by atoms with Gasteiger partial charge in [0.05, 0.1) is 6.54 Å². The smallest absolute Gasteiger partial charge is 0.231 e. The monoisotopic (exact) mass is 433 g/mol. The Bertz CT molecular complexity index is 533. The van der Waals surface area contributed by atoms with Crippen LogP contribution >= 0.6 is 24.0 Å². The Morgan fingerprint density at radius 3 is 2.83 bits per heavy atom. The van der Waals surface area contributed by atoms with E-state index in [-0.39, 0.29) is 30.8 Å². The largest absolute Gasteiger partial charge is 0.492 e. The Balaban J connectivity index is 0.00000192. The van der Waals surface area contributed by atoms with Gasteiger partial charge in [0.25, 0.3) is 0 Å². The molecule has 0 radical (unpaired) electrons. The maximum absolute atomic E-state index is 5.73. The van der Waals surface area contributed by atoms with Crippen LogP contribution in [0.4, 0.5) is 0 Å². The van der Waals surface area contributed by atoms with E-state index in [1.54, 1.807) is 0 Å². The van der Waals surface area contributed by atoms with Gasteiger partial charge < -0.3 is 24.4 Å². The molecular formula is C16H24IN3O3. The van der Waals surface area contributed by atoms with Gasteiger partial charge in [0.1, 0.15) is 12.4 Å². The lowest BCUT2D eigenvalue weighted by molar-refractivity contribution is 0.174. The third-order valence-corrected chi connectivity index (χ3v) is 3.71. The van der Waals surface area contributed by atoms with Crippen LogP contribution in [-0.2, 0) is 0 Å². The maximum Gasteiger partial charge on any atom is 0.231 e. The molecule has 1 N–H and O–H groups in total. The highest BCUT2D eigenvalue weighted by Crippen LogP contribution is 2.34. The summed E-state index contributed by atoms with van der Waals surface area (Å²) >= 11 is 0. The lowest BCUT2D eigenvalue weighted by atomic mass is 10.3. The minimum Gasteiger partial charge on any atom is -0.492 e. The van der Waals surface area contributed by atoms with E-state index >= 15 is 0 Å². The molecule has 0 amide bonds. The summed E-state index contributed by atoms with van der Waals surface area (Å²) in [7, 11) is 0. The molecule has 2 aliphatic rings. The summed E-state index contributed by atoms with van der Waals surface area (Å²) in [6.07, 6.45) is 2.50. The molecule has 0 bridgehead atoms. The SMILES string of the molecule is CCNC(=NCCOc1ccc2c(c1)OCO2)N1CCCC1.I. The molecule has 23 heavy (non-hydrogen) atoms. The van der Waals surface area contributed by atoms with Crippen LogP contribution in [0, 0.1) is 0 Å². The zero-order valence-electron chi connectivity index (χ0n) is 13.4. The minimum atomic E-state index is 0. The molecule has 0 spiro atoms. The molecule has 0 saturated carbocycles. The highest BCUT2D eigenvalue weighted by molar-refractivity contribution is 14.0. The van der Waals surface area contributed by atoms with Gasteiger partial charge in [-0.3, -0.25) is 0 Å². The van der Waals surface area contributed by atoms with Gasteiger partial charge >= 0.3 is 0 Å². The fraction of sp³-hybridized carbons (Fsp3) is 0.562. The quantitative estimate of drug-likeness (QED) is 0.335. The molecule has 6 nitrogen and oxygen atoms in total. The van der Waals surface area contributed by atoms with Gasteiger partial charge in [-0.1, -0.05) is 0 Å². The van der Waals surface area contributed by atoms with E-state index in [2.05, 4.69) is 22.1 Å². The molecule has 1 aromatic rings. The van der Waals surface area contributed by atoms with Crippen LogP contribution in [0.3, 0.4) is 0 Å². The van der Waals surface area contributed by atoms with Gasteiger partial charge in [0, 0.05) is 25.7 Å². The summed E-state index contributed by atoms with van der Waals surface area (Å²) in [5.74, 6) is 3.29. The fourth-order valence-corrected chi connectivity index (χ4v) is 2.64. The lowest BCUT2D eigenvalue weighted by Crippen LogP contribution is -2.39. The summed E-state index contributed by atoms with van der Waals surface area (Å²) in [5, 5.41) is 3.34. The van der Waals surface area contributed by atoms with E-state index in [1.807, 2.05) is 18.2 Å². The van der Waals surface area contributed by atoms with Crippen LogP contribution in [0.5, 0.6) is 17.2 Å². The molecule has 3 rings (SSSR count). The average Bonchev–Trinajstić information content (AvgIpc) is 3.20. The number of fused-ring (bicyclic) bond motifs is 1. The number of hydrogen-bond donors (Lipinski definition) is 1. The number of likely N-dealkylation sites (tertiary alicyclic amines) is 1. The molecule has 128 valence electrons. The number of guanidine groups is 1. The third-order valence-electron chi connectivity index (χ3n) is 3.71. The first-order valence-electron chi connectivity index (χ1n) is 7.92. The average molecular weight is 433 g/mol. The second-order valence-corrected chi connectivity index (χ2v) is 5.29. The number of benzene rings is 1. The van der Waals surface area contributed by atoms with Crippen molar-refractivity contribution in [1.82, 2.24) is 10.2 Å². The standard InChI is InChI=1S/C16H23N3O3.HI/c1-2-17-16(19-8-3-4-9-19)18-7-10-20-13-5-6-14-15(11-13)22-12-21-14;/h5-6,11H,2-4,7-10,12H2,1H3,(H,17,18);1H. The van der Waals surface area contributed by atoms with Gasteiger partial charge in [-0.05, 0) is 31.9 Å². The Hall–Kier alpha value is -1.38. The number of nitrogens with one attached hydrogen (secondary N) is 1. The summed E-state index contributed by atoms with van der Waals surface area (Å²) in [6.45, 7) is 6.62. The molecule has 0 aliphatic carbocycles. The number of rotatable bonds is 5. The summed E-state index contributed by atoms with van der Waals surface area (Å²) in [6, 6.07) is 5.62. The molecule has 1 fully saturated rings. The number of nitrogens with zero attached hydrogens (tertiary/aromatic N) is 2. The van der Waals surface area contributed by atoms with Crippen molar-refractivity contribution in [3.63, 3.8) is 0 Å². The van der Waals surface area contributed by atoms with Crippen molar-refractivity contribution in [2.24, 2.45) is 4.99 Å². The molecular weight excluding hydrogens is 409 g/mol. The minimum absolute atomic E-state index is 0. The summed E-state index contributed by atoms with van der Waals surface area (Å²) < 4.78 is 16.4. The van der Waals surface area contributed by atoms with Crippen molar-refractivity contribution in [1.29, 1.82) is 0 Å². The van der Waals surface area contributed by atoms with E-state index in [4.69, 9.17) is 14.2 Å². The predicted octanol–water partition coefficient (Wildman–Crippen LogP) is 2.47. The van der Waals surface area contributed by atoms with Crippen molar-refractivity contribution < 1.29 is 14.2 Å². The Morgan fingerprint density at radius 2 is 2.04 bits per heavy atom. The van der Waals surface area contributed by atoms with Crippen LogP contribution in [0.1, 0.15) is 19.8 Å². The van der Waals surface area contributed by atoms with E-state index in [0.29, 0.717) is 13.2 Å². The second-order valence-electron chi connectivity index (χ2n) is 5.29. The Labute approximate surface area is 154 Å². The first kappa shape index (κ1) is 18.0. The molecule has 0 unspecified atom stereocenters. The Kier molecular flexibility index (Phi) is 7.07. The van der Waals surface area contributed by atoms with Crippen LogP contribution < -0.4 is 19.5 Å². The lowest BCUT2D eigenvalue weighted by Gasteiger charge is -2.20. The molecule has 1 aromatic carbocycles. The highest BCUT2D eigenvalue weighted by Gasteiger charge is 2.15. The van der Waals surface area contributed by atoms with Gasteiger partial charge in [0.15, 0.2) is 17.5 Å². The van der Waals surface area contributed by atoms with Crippen LogP contribution in [-0.4, -0.2) is 50.4 Å². The fourth-order valence-electron chi connectivity index (χ4n) is 2.64. The third kappa shape index (κ3) is 4.79. The van der Waals surface area contributed by atoms with E-state index in [9.17, 15) is 0 Å². The molecule has 7 heteroatoms. The van der Waals surface area contributed by atoms with Crippen molar-refractivity contribution in [3.8, 4) is 17.2 Å². The molecule has 1 saturated heterocycles. The van der Waals surface area contributed by atoms with Crippen LogP contribution in [0.25, 0.3) is 0 Å². The van der Waals surface area contributed by atoms with Crippen LogP contribution in [0.2, 0.25) is 0 Å². The number of ether oxygens (including phenoxy) is 3. The molecule has 0 aromatic heterocycles. The molecule has 2 aliphatic heterocycles. The van der Waals surface area contributed by atoms with Gasteiger partial charge in [0.2, 0.25) is 6.79 Å². The second kappa shape index (κ2) is 9.05. The summed E-state index contributed by atoms with van der Waals surface area (Å²) in [5.41, 5.74) is 0. The first-order valence-corrected chi connectivity index (χ1v) is 7.92. The van der Waals surface area contributed by atoms with E-state index < -0.39 is 0 Å². The molecule has 0 atom stereocenters. The molecule has 2 heterocycles. The summed E-state index contributed by atoms with van der Waals surface area (Å²) in [4.78, 5) is 6.94. The normalized spacial score (nSPS) is 16.2. The van der Waals surface area contributed by atoms with Gasteiger partial charge in [-0.2, -0.15) is 0 Å². The highest BCUT2D eigenvalue weighted by atomic mass is 127. The van der Waals surface area contributed by atoms with Gasteiger partial charge in [-0.15, -0.1) is 24.0 Å². The van der Waals surface area contributed by atoms with Crippen molar-refractivity contribution in [2.45, 2.75) is 19.8 Å². The topological polar surface area (TPSA) is 55.3 Å². The zero-order chi connectivity index (χ0) is 15.2. The predicted molar refractivity (Wildman–Crippen MR) is 100 cm³/mol. The van der Waals surface area contributed by atoms with E-state index in [0.717, 1.165) is 42.8 Å². The van der Waals surface area contributed by atoms with Crippen molar-refractivity contribution in [2.75, 3.05) is 39.6 Å². The van der Waals surface area contributed by atoms with E-state index in [1.165, 1.54) is 12.8 Å². The van der Waals surface area contributed by atoms with Crippen LogP contribution in [0.15, 0.2) is 23.2 Å². The number of halogens is 1. The number of aliphatic imine (C=N–C) groups is 1. The zero-order valence-corrected chi connectivity index (χ0v) is 15.7. The Morgan fingerprint density at radius 1 is 1.26 bits per heavy atom. The number of hydrogen-bond acceptors (Lipinski definition) is 4. The van der Waals surface area contributed by atoms with Crippen molar-refractivity contribution >= 4 is 29.9 Å². The van der Waals surface area contributed by atoms with Crippen molar-refractivity contribution in [3.05, 3.63) is 18.2 Å².